The van der Waals surface area contributed by atoms with E-state index in [2.05, 4.69) is 141 Å². The number of hydrogen-bond acceptors (Lipinski definition) is 2. The van der Waals surface area contributed by atoms with Crippen LogP contribution >= 0.6 is 0 Å². The van der Waals surface area contributed by atoms with Crippen LogP contribution in [0.1, 0.15) is 30.5 Å². The average molecular weight is 532 g/mol. The Hall–Kier alpha value is -4.82. The van der Waals surface area contributed by atoms with E-state index in [-0.39, 0.29) is 5.41 Å². The summed E-state index contributed by atoms with van der Waals surface area (Å²) in [6.45, 7) is 6.86. The Morgan fingerprint density at radius 2 is 1.07 bits per heavy atom. The standard InChI is InChI=1S/C39H33NO/c1-26-12-14-27(15-13-26)30-18-22-37-34(24-30)39(2,3)35-25-31(28-16-20-32(41-4)21-17-28)19-23-38(35)40(37)36-11-7-9-29-8-5-6-10-33(29)36/h5-25H,1-4H3. The van der Waals surface area contributed by atoms with Gasteiger partial charge >= 0.3 is 0 Å². The number of rotatable bonds is 4. The van der Waals surface area contributed by atoms with Crippen molar-refractivity contribution in [2.24, 2.45) is 0 Å². The summed E-state index contributed by atoms with van der Waals surface area (Å²) in [5, 5.41) is 2.48. The molecule has 200 valence electrons. The highest BCUT2D eigenvalue weighted by Crippen LogP contribution is 2.54. The molecule has 0 fully saturated rings. The molecular formula is C39H33NO. The van der Waals surface area contributed by atoms with Crippen LogP contribution in [0.2, 0.25) is 0 Å². The van der Waals surface area contributed by atoms with E-state index in [0.717, 1.165) is 5.75 Å². The molecule has 0 bridgehead atoms. The first-order chi connectivity index (χ1) is 19.9. The minimum atomic E-state index is -0.213. The quantitative estimate of drug-likeness (QED) is 0.224. The fourth-order valence-corrected chi connectivity index (χ4v) is 6.29. The summed E-state index contributed by atoms with van der Waals surface area (Å²) in [7, 11) is 1.71. The molecule has 0 N–H and O–H groups in total. The number of benzene rings is 6. The zero-order valence-electron chi connectivity index (χ0n) is 24.0. The predicted octanol–water partition coefficient (Wildman–Crippen LogP) is 10.6. The van der Waals surface area contributed by atoms with E-state index in [9.17, 15) is 0 Å². The third-order valence-corrected chi connectivity index (χ3v) is 8.64. The van der Waals surface area contributed by atoms with Gasteiger partial charge in [-0.2, -0.15) is 0 Å². The van der Waals surface area contributed by atoms with Crippen LogP contribution in [0.5, 0.6) is 5.75 Å². The molecule has 2 nitrogen and oxygen atoms in total. The van der Waals surface area contributed by atoms with Crippen molar-refractivity contribution in [3.8, 4) is 28.0 Å². The van der Waals surface area contributed by atoms with Gasteiger partial charge in [-0.3, -0.25) is 0 Å². The van der Waals surface area contributed by atoms with Crippen molar-refractivity contribution in [3.05, 3.63) is 144 Å². The van der Waals surface area contributed by atoms with Gasteiger partial charge < -0.3 is 9.64 Å². The molecular weight excluding hydrogens is 498 g/mol. The minimum absolute atomic E-state index is 0.213. The Labute approximate surface area is 242 Å². The van der Waals surface area contributed by atoms with Crippen molar-refractivity contribution in [3.63, 3.8) is 0 Å². The molecule has 0 saturated heterocycles. The van der Waals surface area contributed by atoms with Gasteiger partial charge in [0, 0.05) is 10.8 Å². The van der Waals surface area contributed by atoms with Gasteiger partial charge in [0.05, 0.1) is 24.2 Å². The number of anilines is 3. The number of fused-ring (bicyclic) bond motifs is 3. The summed E-state index contributed by atoms with van der Waals surface area (Å²) in [5.74, 6) is 0.867. The van der Waals surface area contributed by atoms with Gasteiger partial charge in [0.15, 0.2) is 0 Å². The third-order valence-electron chi connectivity index (χ3n) is 8.64. The first-order valence-electron chi connectivity index (χ1n) is 14.2. The summed E-state index contributed by atoms with van der Waals surface area (Å²) < 4.78 is 5.41. The van der Waals surface area contributed by atoms with Crippen LogP contribution in [0.15, 0.2) is 127 Å². The lowest BCUT2D eigenvalue weighted by Gasteiger charge is -2.43. The molecule has 6 aromatic rings. The summed E-state index contributed by atoms with van der Waals surface area (Å²) in [4.78, 5) is 2.47. The van der Waals surface area contributed by atoms with Crippen molar-refractivity contribution >= 4 is 27.8 Å². The Kier molecular flexibility index (Phi) is 5.94. The first kappa shape index (κ1) is 25.2. The van der Waals surface area contributed by atoms with E-state index in [1.54, 1.807) is 7.11 Å². The molecule has 0 saturated carbocycles. The zero-order chi connectivity index (χ0) is 28.1. The topological polar surface area (TPSA) is 12.5 Å². The lowest BCUT2D eigenvalue weighted by atomic mass is 9.72. The minimum Gasteiger partial charge on any atom is -0.497 e. The lowest BCUT2D eigenvalue weighted by molar-refractivity contribution is 0.415. The molecule has 1 heterocycles. The molecule has 1 aliphatic rings. The molecule has 0 aromatic heterocycles. The van der Waals surface area contributed by atoms with E-state index < -0.39 is 0 Å². The van der Waals surface area contributed by atoms with E-state index >= 15 is 0 Å². The molecule has 1 aliphatic heterocycles. The van der Waals surface area contributed by atoms with Crippen molar-refractivity contribution in [2.45, 2.75) is 26.2 Å². The highest BCUT2D eigenvalue weighted by Gasteiger charge is 2.37. The second kappa shape index (κ2) is 9.67. The number of nitrogens with zero attached hydrogens (tertiary/aromatic N) is 1. The van der Waals surface area contributed by atoms with Gasteiger partial charge in [-0.15, -0.1) is 0 Å². The van der Waals surface area contributed by atoms with Crippen molar-refractivity contribution < 1.29 is 4.74 Å². The Morgan fingerprint density at radius 3 is 1.68 bits per heavy atom. The molecule has 0 unspecified atom stereocenters. The van der Waals surface area contributed by atoms with Gasteiger partial charge in [0.1, 0.15) is 5.75 Å². The molecule has 0 atom stereocenters. The van der Waals surface area contributed by atoms with Crippen LogP contribution in [0, 0.1) is 6.92 Å². The zero-order valence-corrected chi connectivity index (χ0v) is 24.0. The maximum absolute atomic E-state index is 5.41. The maximum atomic E-state index is 5.41. The Bertz CT molecular complexity index is 1890. The van der Waals surface area contributed by atoms with Gasteiger partial charge in [0.2, 0.25) is 0 Å². The van der Waals surface area contributed by atoms with Gasteiger partial charge in [0.25, 0.3) is 0 Å². The summed E-state index contributed by atoms with van der Waals surface area (Å²) in [5.41, 5.74) is 12.2. The van der Waals surface area contributed by atoms with E-state index in [0.29, 0.717) is 0 Å². The van der Waals surface area contributed by atoms with Crippen LogP contribution in [-0.4, -0.2) is 7.11 Å². The largest absolute Gasteiger partial charge is 0.497 e. The monoisotopic (exact) mass is 531 g/mol. The van der Waals surface area contributed by atoms with Crippen molar-refractivity contribution in [2.75, 3.05) is 12.0 Å². The highest BCUT2D eigenvalue weighted by atomic mass is 16.5. The maximum Gasteiger partial charge on any atom is 0.118 e. The summed E-state index contributed by atoms with van der Waals surface area (Å²) >= 11 is 0. The van der Waals surface area contributed by atoms with Gasteiger partial charge in [-0.25, -0.2) is 0 Å². The third kappa shape index (κ3) is 4.19. The van der Waals surface area contributed by atoms with Crippen LogP contribution in [0.3, 0.4) is 0 Å². The van der Waals surface area contributed by atoms with Crippen molar-refractivity contribution in [1.82, 2.24) is 0 Å². The van der Waals surface area contributed by atoms with Crippen LogP contribution < -0.4 is 9.64 Å². The number of aryl methyl sites for hydroxylation is 1. The number of ether oxygens (including phenoxy) is 1. The molecule has 0 spiro atoms. The van der Waals surface area contributed by atoms with Crippen molar-refractivity contribution in [1.29, 1.82) is 0 Å². The fourth-order valence-electron chi connectivity index (χ4n) is 6.29. The second-order valence-electron chi connectivity index (χ2n) is 11.5. The molecule has 2 heteroatoms. The molecule has 41 heavy (non-hydrogen) atoms. The van der Waals surface area contributed by atoms with Gasteiger partial charge in [-0.1, -0.05) is 104 Å². The molecule has 7 rings (SSSR count). The molecule has 6 aromatic carbocycles. The van der Waals surface area contributed by atoms with Crippen LogP contribution in [0.4, 0.5) is 17.1 Å². The predicted molar refractivity (Wildman–Crippen MR) is 173 cm³/mol. The fraction of sp³-hybridized carbons (Fsp3) is 0.128. The first-order valence-corrected chi connectivity index (χ1v) is 14.2. The SMILES string of the molecule is COc1ccc(-c2ccc3c(c2)C(C)(C)c2cc(-c4ccc(C)cc4)ccc2N3c2cccc3ccccc23)cc1. The summed E-state index contributed by atoms with van der Waals surface area (Å²) in [6.07, 6.45) is 0. The molecule has 0 amide bonds. The van der Waals surface area contributed by atoms with E-state index in [1.807, 2.05) is 12.1 Å². The second-order valence-corrected chi connectivity index (χ2v) is 11.5. The Morgan fingerprint density at radius 1 is 0.537 bits per heavy atom. The number of hydrogen-bond donors (Lipinski definition) is 0. The van der Waals surface area contributed by atoms with E-state index in [4.69, 9.17) is 4.74 Å². The lowest BCUT2D eigenvalue weighted by Crippen LogP contribution is -2.30. The van der Waals surface area contributed by atoms with Crippen LogP contribution in [-0.2, 0) is 5.41 Å². The highest BCUT2D eigenvalue weighted by molar-refractivity contribution is 6.01. The summed E-state index contributed by atoms with van der Waals surface area (Å²) in [6, 6.07) is 46.4. The van der Waals surface area contributed by atoms with Gasteiger partial charge in [-0.05, 0) is 88.2 Å². The smallest absolute Gasteiger partial charge is 0.118 e. The molecule has 0 radical (unpaired) electrons. The van der Waals surface area contributed by atoms with E-state index in [1.165, 1.54) is 66.8 Å². The normalized spacial score (nSPS) is 13.5. The molecule has 0 aliphatic carbocycles. The number of methoxy groups -OCH3 is 1. The van der Waals surface area contributed by atoms with Crippen LogP contribution in [0.25, 0.3) is 33.0 Å². The average Bonchev–Trinajstić information content (AvgIpc) is 3.01. The Balaban J connectivity index is 1.47.